The van der Waals surface area contributed by atoms with Gasteiger partial charge in [-0.2, -0.15) is 0 Å². The summed E-state index contributed by atoms with van der Waals surface area (Å²) in [4.78, 5) is 0. The van der Waals surface area contributed by atoms with Gasteiger partial charge in [-0.25, -0.2) is 4.39 Å². The summed E-state index contributed by atoms with van der Waals surface area (Å²) in [5.74, 6) is 0.775. The van der Waals surface area contributed by atoms with Crippen LogP contribution < -0.4 is 9.47 Å². The number of hydrogen-bond acceptors (Lipinski definition) is 3. The van der Waals surface area contributed by atoms with Gasteiger partial charge in [-0.1, -0.05) is 25.1 Å². The minimum Gasteiger partial charge on any atom is -0.488 e. The van der Waals surface area contributed by atoms with E-state index in [1.165, 1.54) is 11.6 Å². The normalized spacial score (nSPS) is 10.4. The molecule has 2 nitrogen and oxygen atoms in total. The van der Waals surface area contributed by atoms with Gasteiger partial charge in [0.15, 0.2) is 5.05 Å². The molecule has 0 bridgehead atoms. The van der Waals surface area contributed by atoms with Gasteiger partial charge in [0, 0.05) is 6.92 Å². The number of aryl methyl sites for hydroxylation is 2. The van der Waals surface area contributed by atoms with Crippen LogP contribution in [0.5, 0.6) is 11.5 Å². The van der Waals surface area contributed by atoms with Crippen LogP contribution in [0.25, 0.3) is 0 Å². The summed E-state index contributed by atoms with van der Waals surface area (Å²) in [5, 5.41) is 0.343. The molecule has 0 heterocycles. The van der Waals surface area contributed by atoms with E-state index in [1.54, 1.807) is 19.1 Å². The fraction of sp³-hybridized carbons (Fsp3) is 0.278. The zero-order chi connectivity index (χ0) is 16.1. The first-order valence-electron chi connectivity index (χ1n) is 7.19. The van der Waals surface area contributed by atoms with E-state index in [0.717, 1.165) is 17.7 Å². The second-order valence-corrected chi connectivity index (χ2v) is 5.63. The first-order valence-corrected chi connectivity index (χ1v) is 7.60. The Bertz CT molecular complexity index is 683. The molecule has 0 saturated heterocycles. The third-order valence-electron chi connectivity index (χ3n) is 3.35. The van der Waals surface area contributed by atoms with Gasteiger partial charge in [-0.05, 0) is 54.9 Å². The number of rotatable bonds is 5. The summed E-state index contributed by atoms with van der Waals surface area (Å²) in [6, 6.07) is 10.7. The largest absolute Gasteiger partial charge is 0.488 e. The Labute approximate surface area is 135 Å². The number of benzene rings is 2. The molecule has 0 radical (unpaired) electrons. The van der Waals surface area contributed by atoms with E-state index in [1.807, 2.05) is 19.1 Å². The van der Waals surface area contributed by atoms with Crippen molar-refractivity contribution in [1.29, 1.82) is 0 Å². The number of hydrogen-bond donors (Lipinski definition) is 0. The van der Waals surface area contributed by atoms with E-state index >= 15 is 0 Å². The summed E-state index contributed by atoms with van der Waals surface area (Å²) in [6.07, 6.45) is 0.973. The predicted molar refractivity (Wildman–Crippen MR) is 90.2 cm³/mol. The summed E-state index contributed by atoms with van der Waals surface area (Å²) in [5.41, 5.74) is 2.64. The van der Waals surface area contributed by atoms with Crippen molar-refractivity contribution in [2.24, 2.45) is 0 Å². The van der Waals surface area contributed by atoms with Gasteiger partial charge >= 0.3 is 0 Å². The molecule has 0 fully saturated rings. The summed E-state index contributed by atoms with van der Waals surface area (Å²) in [7, 11) is 0. The molecule has 2 aromatic rings. The van der Waals surface area contributed by atoms with E-state index < -0.39 is 0 Å². The maximum atomic E-state index is 14.0. The van der Waals surface area contributed by atoms with Crippen LogP contribution in [0.15, 0.2) is 36.4 Å². The Hall–Kier alpha value is -1.94. The zero-order valence-electron chi connectivity index (χ0n) is 13.0. The Kier molecular flexibility index (Phi) is 5.50. The summed E-state index contributed by atoms with van der Waals surface area (Å²) < 4.78 is 25.2. The van der Waals surface area contributed by atoms with Gasteiger partial charge in [-0.15, -0.1) is 0 Å². The number of ether oxygens (including phenoxy) is 2. The quantitative estimate of drug-likeness (QED) is 0.723. The maximum Gasteiger partial charge on any atom is 0.164 e. The third kappa shape index (κ3) is 4.04. The van der Waals surface area contributed by atoms with Crippen molar-refractivity contribution in [3.63, 3.8) is 0 Å². The van der Waals surface area contributed by atoms with Gasteiger partial charge in [0.05, 0.1) is 5.56 Å². The molecule has 0 aromatic heterocycles. The van der Waals surface area contributed by atoms with Crippen LogP contribution in [0, 0.1) is 12.7 Å². The van der Waals surface area contributed by atoms with Crippen LogP contribution in [-0.4, -0.2) is 5.05 Å². The molecule has 0 amide bonds. The standard InChI is InChI=1S/C18H19FO2S/c1-4-14-8-9-17(12(2)10-14)20-11-15-16(19)6-5-7-18(15)21-13(3)22/h5-10H,4,11H2,1-3H3. The van der Waals surface area contributed by atoms with Gasteiger partial charge in [-0.3, -0.25) is 0 Å². The molecule has 0 atom stereocenters. The topological polar surface area (TPSA) is 18.5 Å². The van der Waals surface area contributed by atoms with Crippen LogP contribution in [0.1, 0.15) is 30.5 Å². The lowest BCUT2D eigenvalue weighted by Gasteiger charge is -2.14. The van der Waals surface area contributed by atoms with Crippen molar-refractivity contribution < 1.29 is 13.9 Å². The summed E-state index contributed by atoms with van der Waals surface area (Å²) >= 11 is 4.92. The molecule has 0 N–H and O–H groups in total. The van der Waals surface area contributed by atoms with E-state index in [4.69, 9.17) is 21.7 Å². The van der Waals surface area contributed by atoms with Crippen LogP contribution in [-0.2, 0) is 13.0 Å². The van der Waals surface area contributed by atoms with Crippen LogP contribution in [0.2, 0.25) is 0 Å². The van der Waals surface area contributed by atoms with Crippen LogP contribution in [0.4, 0.5) is 4.39 Å². The van der Waals surface area contributed by atoms with E-state index in [0.29, 0.717) is 16.4 Å². The van der Waals surface area contributed by atoms with Crippen molar-refractivity contribution in [2.75, 3.05) is 0 Å². The maximum absolute atomic E-state index is 14.0. The van der Waals surface area contributed by atoms with Crippen molar-refractivity contribution in [3.8, 4) is 11.5 Å². The fourth-order valence-electron chi connectivity index (χ4n) is 2.17. The zero-order valence-corrected chi connectivity index (χ0v) is 13.8. The van der Waals surface area contributed by atoms with Gasteiger partial charge in [0.1, 0.15) is 23.9 Å². The minimum absolute atomic E-state index is 0.0942. The van der Waals surface area contributed by atoms with E-state index in [2.05, 4.69) is 13.0 Å². The Morgan fingerprint density at radius 3 is 2.59 bits per heavy atom. The highest BCUT2D eigenvalue weighted by molar-refractivity contribution is 7.80. The second kappa shape index (κ2) is 7.36. The Morgan fingerprint density at radius 1 is 1.18 bits per heavy atom. The molecule has 0 aliphatic heterocycles. The lowest BCUT2D eigenvalue weighted by atomic mass is 10.1. The molecular formula is C18H19FO2S. The first kappa shape index (κ1) is 16.4. The van der Waals surface area contributed by atoms with Crippen molar-refractivity contribution >= 4 is 17.3 Å². The highest BCUT2D eigenvalue weighted by Gasteiger charge is 2.12. The lowest BCUT2D eigenvalue weighted by molar-refractivity contribution is 0.293. The van der Waals surface area contributed by atoms with Crippen LogP contribution >= 0.6 is 12.2 Å². The molecule has 116 valence electrons. The highest BCUT2D eigenvalue weighted by Crippen LogP contribution is 2.26. The average Bonchev–Trinajstić information content (AvgIpc) is 2.47. The Balaban J connectivity index is 2.19. The molecule has 0 unspecified atom stereocenters. The molecule has 2 rings (SSSR count). The third-order valence-corrected chi connectivity index (χ3v) is 3.43. The van der Waals surface area contributed by atoms with E-state index in [-0.39, 0.29) is 12.4 Å². The fourth-order valence-corrected chi connectivity index (χ4v) is 2.26. The molecule has 0 aliphatic rings. The van der Waals surface area contributed by atoms with Crippen molar-refractivity contribution in [3.05, 3.63) is 58.9 Å². The SMILES string of the molecule is CCc1ccc(OCc2c(F)cccc2OC(C)=S)c(C)c1. The minimum atomic E-state index is -0.364. The molecule has 22 heavy (non-hydrogen) atoms. The molecule has 0 aliphatic carbocycles. The predicted octanol–water partition coefficient (Wildman–Crippen LogP) is 5.00. The summed E-state index contributed by atoms with van der Waals surface area (Å²) in [6.45, 7) is 5.83. The molecule has 4 heteroatoms. The first-order chi connectivity index (χ1) is 10.5. The smallest absolute Gasteiger partial charge is 0.164 e. The molecule has 0 saturated carbocycles. The molecule has 0 spiro atoms. The molecule has 2 aromatic carbocycles. The van der Waals surface area contributed by atoms with Crippen molar-refractivity contribution in [1.82, 2.24) is 0 Å². The second-order valence-electron chi connectivity index (χ2n) is 5.05. The number of thiocarbonyl (C=S) groups is 1. The van der Waals surface area contributed by atoms with Crippen LogP contribution in [0.3, 0.4) is 0 Å². The van der Waals surface area contributed by atoms with E-state index in [9.17, 15) is 4.39 Å². The van der Waals surface area contributed by atoms with Crippen molar-refractivity contribution in [2.45, 2.75) is 33.8 Å². The Morgan fingerprint density at radius 2 is 1.95 bits per heavy atom. The van der Waals surface area contributed by atoms with Gasteiger partial charge in [0.25, 0.3) is 0 Å². The number of halogens is 1. The van der Waals surface area contributed by atoms with Gasteiger partial charge < -0.3 is 9.47 Å². The lowest BCUT2D eigenvalue weighted by Crippen LogP contribution is -2.06. The molecular weight excluding hydrogens is 299 g/mol. The monoisotopic (exact) mass is 318 g/mol. The average molecular weight is 318 g/mol. The van der Waals surface area contributed by atoms with Gasteiger partial charge in [0.2, 0.25) is 0 Å². The highest BCUT2D eigenvalue weighted by atomic mass is 32.1.